The molecule has 0 spiro atoms. The zero-order valence-electron chi connectivity index (χ0n) is 9.42. The summed E-state index contributed by atoms with van der Waals surface area (Å²) in [6.07, 6.45) is 0.582. The van der Waals surface area contributed by atoms with Gasteiger partial charge in [0.25, 0.3) is 5.91 Å². The Balaban J connectivity index is 2.70. The first-order valence-corrected chi connectivity index (χ1v) is 4.77. The van der Waals surface area contributed by atoms with Gasteiger partial charge in [0.15, 0.2) is 0 Å². The number of amides is 1. The summed E-state index contributed by atoms with van der Waals surface area (Å²) in [6.45, 7) is 5.37. The molecule has 0 aromatic carbocycles. The standard InChI is InChI=1S/C9H16N4O2/c1-5-9(3,15-4)7(14)11-8-10-6(2)12-13-8/h5H2,1-4H3,(H2,10,11,12,13,14). The van der Waals surface area contributed by atoms with Crippen LogP contribution in [0, 0.1) is 6.92 Å². The molecule has 0 fully saturated rings. The molecule has 1 aromatic heterocycles. The number of aryl methyl sites for hydroxylation is 1. The van der Waals surface area contributed by atoms with Gasteiger partial charge >= 0.3 is 0 Å². The van der Waals surface area contributed by atoms with Crippen LogP contribution in [-0.2, 0) is 9.53 Å². The maximum absolute atomic E-state index is 11.8. The Bertz CT molecular complexity index is 344. The summed E-state index contributed by atoms with van der Waals surface area (Å²) in [5.74, 6) is 0.682. The first-order chi connectivity index (χ1) is 7.01. The highest BCUT2D eigenvalue weighted by atomic mass is 16.5. The van der Waals surface area contributed by atoms with E-state index in [1.54, 1.807) is 13.8 Å². The highest BCUT2D eigenvalue weighted by molar-refractivity contribution is 5.95. The topological polar surface area (TPSA) is 79.9 Å². The Labute approximate surface area is 88.4 Å². The summed E-state index contributed by atoms with van der Waals surface area (Å²) in [4.78, 5) is 15.8. The van der Waals surface area contributed by atoms with Crippen molar-refractivity contribution < 1.29 is 9.53 Å². The third-order valence-corrected chi connectivity index (χ3v) is 2.43. The lowest BCUT2D eigenvalue weighted by Crippen LogP contribution is -2.41. The SMILES string of the molecule is CCC(C)(OC)C(=O)Nc1n[nH]c(C)n1. The average Bonchev–Trinajstić information content (AvgIpc) is 2.62. The maximum atomic E-state index is 11.8. The lowest BCUT2D eigenvalue weighted by Gasteiger charge is -2.24. The van der Waals surface area contributed by atoms with E-state index in [-0.39, 0.29) is 11.9 Å². The Morgan fingerprint density at radius 2 is 2.33 bits per heavy atom. The molecule has 1 rings (SSSR count). The minimum Gasteiger partial charge on any atom is -0.369 e. The van der Waals surface area contributed by atoms with E-state index in [1.165, 1.54) is 7.11 Å². The second kappa shape index (κ2) is 4.39. The van der Waals surface area contributed by atoms with Crippen LogP contribution >= 0.6 is 0 Å². The Kier molecular flexibility index (Phi) is 3.41. The first-order valence-electron chi connectivity index (χ1n) is 4.77. The number of H-pyrrole nitrogens is 1. The quantitative estimate of drug-likeness (QED) is 0.776. The van der Waals surface area contributed by atoms with Crippen molar-refractivity contribution >= 4 is 11.9 Å². The van der Waals surface area contributed by atoms with Crippen molar-refractivity contribution in [2.45, 2.75) is 32.8 Å². The van der Waals surface area contributed by atoms with E-state index < -0.39 is 5.60 Å². The lowest BCUT2D eigenvalue weighted by atomic mass is 10.0. The van der Waals surface area contributed by atoms with Crippen molar-refractivity contribution in [3.05, 3.63) is 5.82 Å². The van der Waals surface area contributed by atoms with Crippen LogP contribution in [0.15, 0.2) is 0 Å². The molecule has 1 atom stereocenters. The summed E-state index contributed by atoms with van der Waals surface area (Å²) in [6, 6.07) is 0. The van der Waals surface area contributed by atoms with Crippen LogP contribution in [0.3, 0.4) is 0 Å². The third kappa shape index (κ3) is 2.53. The van der Waals surface area contributed by atoms with Crippen LogP contribution in [-0.4, -0.2) is 33.8 Å². The van der Waals surface area contributed by atoms with Gasteiger partial charge in [-0.2, -0.15) is 4.98 Å². The van der Waals surface area contributed by atoms with Crippen LogP contribution < -0.4 is 5.32 Å². The molecule has 0 bridgehead atoms. The molecule has 15 heavy (non-hydrogen) atoms. The number of carbonyl (C=O) groups excluding carboxylic acids is 1. The summed E-state index contributed by atoms with van der Waals surface area (Å²) in [5.41, 5.74) is -0.839. The Morgan fingerprint density at radius 3 is 2.73 bits per heavy atom. The molecule has 0 aliphatic heterocycles. The smallest absolute Gasteiger partial charge is 0.258 e. The zero-order chi connectivity index (χ0) is 11.5. The molecule has 1 amide bonds. The van der Waals surface area contributed by atoms with Gasteiger partial charge in [-0.3, -0.25) is 15.2 Å². The van der Waals surface area contributed by atoms with Gasteiger partial charge in [-0.1, -0.05) is 6.92 Å². The van der Waals surface area contributed by atoms with Crippen molar-refractivity contribution in [3.63, 3.8) is 0 Å². The molecule has 0 aliphatic carbocycles. The predicted molar refractivity (Wildman–Crippen MR) is 55.5 cm³/mol. The maximum Gasteiger partial charge on any atom is 0.258 e. The van der Waals surface area contributed by atoms with E-state index >= 15 is 0 Å². The number of methoxy groups -OCH3 is 1. The van der Waals surface area contributed by atoms with Crippen molar-refractivity contribution in [3.8, 4) is 0 Å². The van der Waals surface area contributed by atoms with E-state index in [0.29, 0.717) is 12.2 Å². The zero-order valence-corrected chi connectivity index (χ0v) is 9.42. The molecule has 0 aliphatic rings. The number of nitrogens with zero attached hydrogens (tertiary/aromatic N) is 2. The predicted octanol–water partition coefficient (Wildman–Crippen LogP) is 0.867. The molecule has 0 saturated carbocycles. The fraction of sp³-hybridized carbons (Fsp3) is 0.667. The van der Waals surface area contributed by atoms with E-state index in [9.17, 15) is 4.79 Å². The number of aromatic amines is 1. The van der Waals surface area contributed by atoms with E-state index in [0.717, 1.165) is 0 Å². The highest BCUT2D eigenvalue weighted by Crippen LogP contribution is 2.15. The van der Waals surface area contributed by atoms with Gasteiger partial charge in [0.2, 0.25) is 5.95 Å². The monoisotopic (exact) mass is 212 g/mol. The van der Waals surface area contributed by atoms with Crippen molar-refractivity contribution in [2.24, 2.45) is 0 Å². The molecular formula is C9H16N4O2. The van der Waals surface area contributed by atoms with Crippen LogP contribution in [0.1, 0.15) is 26.1 Å². The molecule has 0 radical (unpaired) electrons. The Morgan fingerprint density at radius 1 is 1.67 bits per heavy atom. The minimum atomic E-state index is -0.839. The summed E-state index contributed by atoms with van der Waals surface area (Å²) in [7, 11) is 1.51. The lowest BCUT2D eigenvalue weighted by molar-refractivity contribution is -0.136. The molecule has 1 unspecified atom stereocenters. The van der Waals surface area contributed by atoms with Gasteiger partial charge in [-0.15, -0.1) is 5.10 Å². The number of nitrogens with one attached hydrogen (secondary N) is 2. The number of anilines is 1. The largest absolute Gasteiger partial charge is 0.369 e. The van der Waals surface area contributed by atoms with Crippen LogP contribution in [0.25, 0.3) is 0 Å². The number of carbonyl (C=O) groups is 1. The number of rotatable bonds is 4. The summed E-state index contributed by atoms with van der Waals surface area (Å²) < 4.78 is 5.15. The second-order valence-corrected chi connectivity index (χ2v) is 3.49. The molecule has 1 aromatic rings. The van der Waals surface area contributed by atoms with Gasteiger partial charge in [-0.25, -0.2) is 0 Å². The van der Waals surface area contributed by atoms with Gasteiger partial charge in [0.1, 0.15) is 11.4 Å². The van der Waals surface area contributed by atoms with Crippen LogP contribution in [0.5, 0.6) is 0 Å². The number of ether oxygens (including phenoxy) is 1. The molecule has 84 valence electrons. The average molecular weight is 212 g/mol. The van der Waals surface area contributed by atoms with E-state index in [1.807, 2.05) is 6.92 Å². The number of aromatic nitrogens is 3. The number of hydrogen-bond acceptors (Lipinski definition) is 4. The molecular weight excluding hydrogens is 196 g/mol. The molecule has 2 N–H and O–H groups in total. The molecule has 1 heterocycles. The fourth-order valence-corrected chi connectivity index (χ4v) is 1.03. The Hall–Kier alpha value is -1.43. The van der Waals surface area contributed by atoms with Gasteiger partial charge in [0, 0.05) is 7.11 Å². The fourth-order valence-electron chi connectivity index (χ4n) is 1.03. The van der Waals surface area contributed by atoms with Crippen molar-refractivity contribution in [1.82, 2.24) is 15.2 Å². The third-order valence-electron chi connectivity index (χ3n) is 2.43. The van der Waals surface area contributed by atoms with Gasteiger partial charge < -0.3 is 4.74 Å². The van der Waals surface area contributed by atoms with E-state index in [4.69, 9.17) is 4.74 Å². The molecule has 6 nitrogen and oxygen atoms in total. The first kappa shape index (κ1) is 11.6. The normalized spacial score (nSPS) is 14.7. The van der Waals surface area contributed by atoms with Gasteiger partial charge in [-0.05, 0) is 20.3 Å². The highest BCUT2D eigenvalue weighted by Gasteiger charge is 2.31. The van der Waals surface area contributed by atoms with E-state index in [2.05, 4.69) is 20.5 Å². The van der Waals surface area contributed by atoms with Gasteiger partial charge in [0.05, 0.1) is 0 Å². The van der Waals surface area contributed by atoms with Crippen LogP contribution in [0.2, 0.25) is 0 Å². The summed E-state index contributed by atoms with van der Waals surface area (Å²) >= 11 is 0. The molecule has 6 heteroatoms. The second-order valence-electron chi connectivity index (χ2n) is 3.49. The summed E-state index contributed by atoms with van der Waals surface area (Å²) in [5, 5.41) is 9.05. The van der Waals surface area contributed by atoms with Crippen LogP contribution in [0.4, 0.5) is 5.95 Å². The molecule has 0 saturated heterocycles. The number of hydrogen-bond donors (Lipinski definition) is 2. The van der Waals surface area contributed by atoms with Crippen molar-refractivity contribution in [1.29, 1.82) is 0 Å². The van der Waals surface area contributed by atoms with Crippen molar-refractivity contribution in [2.75, 3.05) is 12.4 Å². The minimum absolute atomic E-state index is 0.244.